The molecule has 148 valence electrons. The number of anilines is 1. The number of carbonyl (C=O) groups is 3. The van der Waals surface area contributed by atoms with Crippen LogP contribution in [0.5, 0.6) is 0 Å². The maximum Gasteiger partial charge on any atom is 0.409 e. The number of alkyl halides is 3. The molecule has 0 spiro atoms. The third-order valence-electron chi connectivity index (χ3n) is 4.27. The first-order chi connectivity index (χ1) is 12.7. The van der Waals surface area contributed by atoms with E-state index < -0.39 is 30.5 Å². The van der Waals surface area contributed by atoms with Crippen LogP contribution < -0.4 is 10.6 Å². The smallest absolute Gasteiger partial charge is 0.409 e. The molecule has 1 saturated carbocycles. The van der Waals surface area contributed by atoms with E-state index >= 15 is 0 Å². The highest BCUT2D eigenvalue weighted by molar-refractivity contribution is 5.96. The van der Waals surface area contributed by atoms with Gasteiger partial charge in [-0.1, -0.05) is 6.42 Å². The van der Waals surface area contributed by atoms with Crippen LogP contribution in [0.3, 0.4) is 0 Å². The van der Waals surface area contributed by atoms with E-state index in [9.17, 15) is 27.6 Å². The SMILES string of the molecule is CCOC(=O)C[C@@H](NC(=O)c1ccc(NC(=O)C2CCC2)cc1)C(F)(F)F. The summed E-state index contributed by atoms with van der Waals surface area (Å²) in [6.45, 7) is 1.43. The summed E-state index contributed by atoms with van der Waals surface area (Å²) in [4.78, 5) is 35.3. The van der Waals surface area contributed by atoms with Crippen molar-refractivity contribution >= 4 is 23.5 Å². The molecule has 1 aromatic carbocycles. The van der Waals surface area contributed by atoms with Crippen LogP contribution in [0.15, 0.2) is 24.3 Å². The lowest BCUT2D eigenvalue weighted by atomic mass is 9.85. The number of benzene rings is 1. The van der Waals surface area contributed by atoms with Gasteiger partial charge >= 0.3 is 12.1 Å². The first kappa shape index (κ1) is 20.7. The number of nitrogens with one attached hydrogen (secondary N) is 2. The van der Waals surface area contributed by atoms with Crippen molar-refractivity contribution in [2.24, 2.45) is 5.92 Å². The summed E-state index contributed by atoms with van der Waals surface area (Å²) in [7, 11) is 0. The summed E-state index contributed by atoms with van der Waals surface area (Å²) >= 11 is 0. The molecule has 2 rings (SSSR count). The minimum absolute atomic E-state index is 0.0107. The fourth-order valence-electron chi connectivity index (χ4n) is 2.50. The summed E-state index contributed by atoms with van der Waals surface area (Å²) in [5.74, 6) is -2.14. The number of amides is 2. The van der Waals surface area contributed by atoms with Gasteiger partial charge in [-0.15, -0.1) is 0 Å². The van der Waals surface area contributed by atoms with E-state index in [4.69, 9.17) is 0 Å². The Morgan fingerprint density at radius 1 is 1.19 bits per heavy atom. The van der Waals surface area contributed by atoms with Crippen LogP contribution in [0.1, 0.15) is 43.0 Å². The average molecular weight is 386 g/mol. The van der Waals surface area contributed by atoms with Crippen LogP contribution in [0, 0.1) is 5.92 Å². The Morgan fingerprint density at radius 2 is 1.81 bits per heavy atom. The third-order valence-corrected chi connectivity index (χ3v) is 4.27. The average Bonchev–Trinajstić information content (AvgIpc) is 2.52. The van der Waals surface area contributed by atoms with Crippen molar-refractivity contribution < 1.29 is 32.3 Å². The Kier molecular flexibility index (Phi) is 6.81. The maximum absolute atomic E-state index is 13.0. The minimum atomic E-state index is -4.79. The number of ether oxygens (including phenoxy) is 1. The van der Waals surface area contributed by atoms with Gasteiger partial charge in [-0.2, -0.15) is 13.2 Å². The van der Waals surface area contributed by atoms with Crippen LogP contribution in [0.4, 0.5) is 18.9 Å². The first-order valence-corrected chi connectivity index (χ1v) is 8.64. The minimum Gasteiger partial charge on any atom is -0.466 e. The van der Waals surface area contributed by atoms with Gasteiger partial charge < -0.3 is 15.4 Å². The van der Waals surface area contributed by atoms with E-state index in [1.54, 1.807) is 0 Å². The van der Waals surface area contributed by atoms with E-state index in [2.05, 4.69) is 10.1 Å². The molecule has 27 heavy (non-hydrogen) atoms. The van der Waals surface area contributed by atoms with Gasteiger partial charge in [-0.3, -0.25) is 14.4 Å². The van der Waals surface area contributed by atoms with E-state index in [1.165, 1.54) is 31.2 Å². The second-order valence-electron chi connectivity index (χ2n) is 6.27. The van der Waals surface area contributed by atoms with Crippen molar-refractivity contribution in [2.45, 2.75) is 44.8 Å². The molecule has 1 aliphatic carbocycles. The van der Waals surface area contributed by atoms with Gasteiger partial charge in [0.1, 0.15) is 6.04 Å². The topological polar surface area (TPSA) is 84.5 Å². The molecule has 0 bridgehead atoms. The second-order valence-corrected chi connectivity index (χ2v) is 6.27. The van der Waals surface area contributed by atoms with Crippen LogP contribution in [-0.4, -0.2) is 36.6 Å². The molecule has 1 fully saturated rings. The highest BCUT2D eigenvalue weighted by atomic mass is 19.4. The molecule has 0 heterocycles. The number of hydrogen-bond acceptors (Lipinski definition) is 4. The first-order valence-electron chi connectivity index (χ1n) is 8.64. The molecule has 0 unspecified atom stereocenters. The predicted octanol–water partition coefficient (Wildman–Crippen LogP) is 3.04. The van der Waals surface area contributed by atoms with Crippen LogP contribution in [0.2, 0.25) is 0 Å². The maximum atomic E-state index is 13.0. The Hall–Kier alpha value is -2.58. The van der Waals surface area contributed by atoms with Gasteiger partial charge in [0.2, 0.25) is 5.91 Å². The molecule has 6 nitrogen and oxygen atoms in total. The molecule has 1 atom stereocenters. The number of carbonyl (C=O) groups excluding carboxylic acids is 3. The molecular formula is C18H21F3N2O4. The fraction of sp³-hybridized carbons (Fsp3) is 0.500. The Labute approximate surface area is 154 Å². The summed E-state index contributed by atoms with van der Waals surface area (Å²) in [5, 5.41) is 4.51. The zero-order chi connectivity index (χ0) is 20.0. The molecule has 2 N–H and O–H groups in total. The number of halogens is 3. The standard InChI is InChI=1S/C18H21F3N2O4/c1-2-27-15(24)10-14(18(19,20)21)23-17(26)12-6-8-13(9-7-12)22-16(25)11-4-3-5-11/h6-9,11,14H,2-5,10H2,1H3,(H,22,25)(H,23,26)/t14-/m1/s1. The zero-order valence-corrected chi connectivity index (χ0v) is 14.8. The van der Waals surface area contributed by atoms with E-state index in [0.717, 1.165) is 19.3 Å². The van der Waals surface area contributed by atoms with Crippen molar-refractivity contribution in [3.63, 3.8) is 0 Å². The van der Waals surface area contributed by atoms with Crippen molar-refractivity contribution in [3.05, 3.63) is 29.8 Å². The van der Waals surface area contributed by atoms with Gasteiger partial charge in [-0.05, 0) is 44.0 Å². The number of esters is 1. The lowest BCUT2D eigenvalue weighted by Crippen LogP contribution is -2.46. The van der Waals surface area contributed by atoms with Gasteiger partial charge in [0.25, 0.3) is 5.91 Å². The van der Waals surface area contributed by atoms with Gasteiger partial charge in [0.15, 0.2) is 0 Å². The van der Waals surface area contributed by atoms with E-state index in [0.29, 0.717) is 5.69 Å². The quantitative estimate of drug-likeness (QED) is 0.706. The Balaban J connectivity index is 1.97. The molecule has 0 aliphatic heterocycles. The van der Waals surface area contributed by atoms with Crippen molar-refractivity contribution in [1.82, 2.24) is 5.32 Å². The Morgan fingerprint density at radius 3 is 2.30 bits per heavy atom. The molecule has 1 aliphatic rings. The largest absolute Gasteiger partial charge is 0.466 e. The lowest BCUT2D eigenvalue weighted by Gasteiger charge is -2.24. The summed E-state index contributed by atoms with van der Waals surface area (Å²) in [5.41, 5.74) is 0.442. The van der Waals surface area contributed by atoms with Crippen LogP contribution >= 0.6 is 0 Å². The molecule has 9 heteroatoms. The molecule has 0 saturated heterocycles. The van der Waals surface area contributed by atoms with Gasteiger partial charge in [0.05, 0.1) is 13.0 Å². The monoisotopic (exact) mass is 386 g/mol. The molecule has 0 aromatic heterocycles. The molecule has 2 amide bonds. The van der Waals surface area contributed by atoms with E-state index in [1.807, 2.05) is 5.32 Å². The molecule has 1 aromatic rings. The summed E-state index contributed by atoms with van der Waals surface area (Å²) in [6, 6.07) is 3.16. The highest BCUT2D eigenvalue weighted by Crippen LogP contribution is 2.27. The van der Waals surface area contributed by atoms with Crippen molar-refractivity contribution in [2.75, 3.05) is 11.9 Å². The molecule has 0 radical (unpaired) electrons. The van der Waals surface area contributed by atoms with Gasteiger partial charge in [-0.25, -0.2) is 0 Å². The van der Waals surface area contributed by atoms with E-state index in [-0.39, 0.29) is 24.0 Å². The zero-order valence-electron chi connectivity index (χ0n) is 14.8. The predicted molar refractivity (Wildman–Crippen MR) is 91.0 cm³/mol. The van der Waals surface area contributed by atoms with Crippen molar-refractivity contribution in [1.29, 1.82) is 0 Å². The van der Waals surface area contributed by atoms with Gasteiger partial charge in [0, 0.05) is 17.2 Å². The van der Waals surface area contributed by atoms with Crippen LogP contribution in [-0.2, 0) is 14.3 Å². The molecular weight excluding hydrogens is 365 g/mol. The third kappa shape index (κ3) is 5.97. The normalized spacial score (nSPS) is 15.4. The van der Waals surface area contributed by atoms with Crippen LogP contribution in [0.25, 0.3) is 0 Å². The lowest BCUT2D eigenvalue weighted by molar-refractivity contribution is -0.167. The highest BCUT2D eigenvalue weighted by Gasteiger charge is 2.42. The second kappa shape index (κ2) is 8.88. The number of rotatable bonds is 7. The Bertz CT molecular complexity index is 685. The number of hydrogen-bond donors (Lipinski definition) is 2. The fourth-order valence-corrected chi connectivity index (χ4v) is 2.50. The summed E-state index contributed by atoms with van der Waals surface area (Å²) in [6.07, 6.45) is -3.10. The van der Waals surface area contributed by atoms with Crippen molar-refractivity contribution in [3.8, 4) is 0 Å². The summed E-state index contributed by atoms with van der Waals surface area (Å²) < 4.78 is 43.7.